The quantitative estimate of drug-likeness (QED) is 0.558. The minimum absolute atomic E-state index is 0.0729. The number of hydrogen-bond acceptors (Lipinski definition) is 7. The molecule has 1 aliphatic heterocycles. The average Bonchev–Trinajstić information content (AvgIpc) is 3.05. The summed E-state index contributed by atoms with van der Waals surface area (Å²) in [5, 5.41) is 2.92. The number of sulfonamides is 1. The van der Waals surface area contributed by atoms with Crippen molar-refractivity contribution in [3.63, 3.8) is 0 Å². The molecule has 0 saturated carbocycles. The summed E-state index contributed by atoms with van der Waals surface area (Å²) in [6, 6.07) is 3.30. The van der Waals surface area contributed by atoms with E-state index in [2.05, 4.69) is 20.0 Å². The molecule has 9 nitrogen and oxygen atoms in total. The molecule has 32 heavy (non-hydrogen) atoms. The second-order valence-corrected chi connectivity index (χ2v) is 9.18. The maximum Gasteiger partial charge on any atom is 0.246 e. The first-order chi connectivity index (χ1) is 15.1. The zero-order valence-corrected chi connectivity index (χ0v) is 18.3. The van der Waals surface area contributed by atoms with Gasteiger partial charge in [0.2, 0.25) is 10.0 Å². The van der Waals surface area contributed by atoms with Gasteiger partial charge in [-0.05, 0) is 19.1 Å². The molecule has 2 atom stereocenters. The summed E-state index contributed by atoms with van der Waals surface area (Å²) in [7, 11) is -0.998. The highest BCUT2D eigenvalue weighted by molar-refractivity contribution is 7.89. The van der Waals surface area contributed by atoms with Crippen LogP contribution in [-0.2, 0) is 27.3 Å². The van der Waals surface area contributed by atoms with Crippen LogP contribution in [0.1, 0.15) is 24.5 Å². The third kappa shape index (κ3) is 3.92. The summed E-state index contributed by atoms with van der Waals surface area (Å²) in [6.07, 6.45) is 4.88. The van der Waals surface area contributed by atoms with Gasteiger partial charge in [-0.15, -0.1) is 0 Å². The Hall–Kier alpha value is -3.09. The summed E-state index contributed by atoms with van der Waals surface area (Å²) in [5.74, 6) is -1.94. The average molecular weight is 465 g/mol. The number of aromatic nitrogens is 3. The Labute approximate surface area is 183 Å². The molecule has 12 heteroatoms. The number of hydrogen-bond donors (Lipinski definition) is 2. The lowest BCUT2D eigenvalue weighted by molar-refractivity contribution is 0.114. The van der Waals surface area contributed by atoms with E-state index in [1.807, 2.05) is 0 Å². The maximum absolute atomic E-state index is 13.6. The van der Waals surface area contributed by atoms with E-state index < -0.39 is 33.4 Å². The number of halogens is 2. The smallest absolute Gasteiger partial charge is 0.246 e. The van der Waals surface area contributed by atoms with Crippen molar-refractivity contribution in [3.8, 4) is 5.75 Å². The largest absolute Gasteiger partial charge is 0.488 e. The Morgan fingerprint density at radius 3 is 2.75 bits per heavy atom. The van der Waals surface area contributed by atoms with Crippen molar-refractivity contribution in [1.29, 1.82) is 0 Å². The molecule has 2 aromatic heterocycles. The van der Waals surface area contributed by atoms with Crippen LogP contribution in [-0.4, -0.2) is 36.7 Å². The monoisotopic (exact) mass is 465 g/mol. The highest BCUT2D eigenvalue weighted by Crippen LogP contribution is 2.39. The molecule has 0 spiro atoms. The minimum Gasteiger partial charge on any atom is -0.488 e. The van der Waals surface area contributed by atoms with Crippen molar-refractivity contribution in [1.82, 2.24) is 19.3 Å². The standard InChI is InChI=1S/C20H21F2N5O4S/c1-20(16-9-23-6-7-24-16)11-31-18-15(32(28,29)26-20)10-27(2)17(18)19(30-3)25-12-4-5-13(21)14(22)8-12/h4-10,19,25-26H,11H2,1-3H3. The Balaban J connectivity index is 1.74. The SMILES string of the molecule is COC(Nc1ccc(F)c(F)c1)c1c2c(cn1C)S(=O)(=O)NC(C)(c1cnccn1)CO2. The Morgan fingerprint density at radius 2 is 2.09 bits per heavy atom. The third-order valence-electron chi connectivity index (χ3n) is 5.13. The van der Waals surface area contributed by atoms with Crippen LogP contribution in [0.3, 0.4) is 0 Å². The van der Waals surface area contributed by atoms with Gasteiger partial charge in [0, 0.05) is 44.5 Å². The number of nitrogens with zero attached hydrogens (tertiary/aromatic N) is 3. The van der Waals surface area contributed by atoms with Gasteiger partial charge < -0.3 is 19.4 Å². The number of rotatable bonds is 5. The number of anilines is 1. The van der Waals surface area contributed by atoms with Crippen LogP contribution in [0.4, 0.5) is 14.5 Å². The first kappa shape index (κ1) is 22.1. The van der Waals surface area contributed by atoms with Crippen LogP contribution in [0, 0.1) is 11.6 Å². The van der Waals surface area contributed by atoms with E-state index in [1.165, 1.54) is 42.5 Å². The molecule has 3 heterocycles. The van der Waals surface area contributed by atoms with Gasteiger partial charge in [-0.1, -0.05) is 0 Å². The summed E-state index contributed by atoms with van der Waals surface area (Å²) >= 11 is 0. The molecule has 170 valence electrons. The van der Waals surface area contributed by atoms with Gasteiger partial charge >= 0.3 is 0 Å². The molecular weight excluding hydrogens is 444 g/mol. The van der Waals surface area contributed by atoms with Gasteiger partial charge in [0.1, 0.15) is 22.7 Å². The van der Waals surface area contributed by atoms with Crippen molar-refractivity contribution >= 4 is 15.7 Å². The van der Waals surface area contributed by atoms with E-state index in [0.717, 1.165) is 12.1 Å². The zero-order valence-electron chi connectivity index (χ0n) is 17.5. The molecule has 0 saturated heterocycles. The summed E-state index contributed by atoms with van der Waals surface area (Å²) in [4.78, 5) is 8.14. The molecule has 0 amide bonds. The van der Waals surface area contributed by atoms with Crippen LogP contribution in [0.5, 0.6) is 5.75 Å². The van der Waals surface area contributed by atoms with E-state index in [1.54, 1.807) is 14.0 Å². The fourth-order valence-electron chi connectivity index (χ4n) is 3.51. The minimum atomic E-state index is -4.02. The molecule has 3 aromatic rings. The number of ether oxygens (including phenoxy) is 2. The molecular formula is C20H21F2N5O4S. The van der Waals surface area contributed by atoms with Gasteiger partial charge in [0.15, 0.2) is 23.6 Å². The number of benzene rings is 1. The van der Waals surface area contributed by atoms with Crippen LogP contribution in [0.15, 0.2) is 47.9 Å². The van der Waals surface area contributed by atoms with Crippen molar-refractivity contribution in [3.05, 3.63) is 66.0 Å². The van der Waals surface area contributed by atoms with Gasteiger partial charge in [0.25, 0.3) is 0 Å². The number of aryl methyl sites for hydroxylation is 1. The van der Waals surface area contributed by atoms with E-state index in [9.17, 15) is 17.2 Å². The lowest BCUT2D eigenvalue weighted by atomic mass is 10.0. The van der Waals surface area contributed by atoms with Crippen LogP contribution in [0.25, 0.3) is 0 Å². The normalized spacial score (nSPS) is 20.7. The molecule has 1 aliphatic rings. The first-order valence-corrected chi connectivity index (χ1v) is 11.0. The van der Waals surface area contributed by atoms with Crippen LogP contribution in [0.2, 0.25) is 0 Å². The van der Waals surface area contributed by atoms with Gasteiger partial charge in [-0.25, -0.2) is 17.2 Å². The summed E-state index contributed by atoms with van der Waals surface area (Å²) < 4.78 is 69.0. The van der Waals surface area contributed by atoms with Crippen LogP contribution >= 0.6 is 0 Å². The molecule has 0 bridgehead atoms. The van der Waals surface area contributed by atoms with Gasteiger partial charge in [0.05, 0.1) is 11.9 Å². The summed E-state index contributed by atoms with van der Waals surface area (Å²) in [6.45, 7) is 1.57. The van der Waals surface area contributed by atoms with Crippen molar-refractivity contribution in [2.45, 2.75) is 23.6 Å². The fraction of sp³-hybridized carbons (Fsp3) is 0.300. The molecule has 4 rings (SSSR count). The van der Waals surface area contributed by atoms with Gasteiger partial charge in [-0.3, -0.25) is 9.97 Å². The lowest BCUT2D eigenvalue weighted by Crippen LogP contribution is -2.46. The first-order valence-electron chi connectivity index (χ1n) is 9.51. The highest BCUT2D eigenvalue weighted by atomic mass is 32.2. The predicted octanol–water partition coefficient (Wildman–Crippen LogP) is 2.44. The fourth-order valence-corrected chi connectivity index (χ4v) is 5.09. The van der Waals surface area contributed by atoms with Crippen molar-refractivity contribution in [2.24, 2.45) is 7.05 Å². The molecule has 2 N–H and O–H groups in total. The van der Waals surface area contributed by atoms with Crippen molar-refractivity contribution in [2.75, 3.05) is 19.0 Å². The lowest BCUT2D eigenvalue weighted by Gasteiger charge is -2.27. The number of methoxy groups -OCH3 is 1. The Kier molecular flexibility index (Phi) is 5.61. The van der Waals surface area contributed by atoms with E-state index in [0.29, 0.717) is 11.4 Å². The van der Waals surface area contributed by atoms with Crippen molar-refractivity contribution < 1.29 is 26.7 Å². The number of fused-ring (bicyclic) bond motifs is 1. The van der Waals surface area contributed by atoms with E-state index in [4.69, 9.17) is 9.47 Å². The maximum atomic E-state index is 13.6. The van der Waals surface area contributed by atoms with Gasteiger partial charge in [-0.2, -0.15) is 4.72 Å². The molecule has 1 aromatic carbocycles. The molecule has 0 aliphatic carbocycles. The van der Waals surface area contributed by atoms with E-state index >= 15 is 0 Å². The highest BCUT2D eigenvalue weighted by Gasteiger charge is 2.42. The summed E-state index contributed by atoms with van der Waals surface area (Å²) in [5.41, 5.74) is -0.195. The second kappa shape index (κ2) is 8.11. The Bertz CT molecular complexity index is 1250. The second-order valence-electron chi connectivity index (χ2n) is 7.52. The predicted molar refractivity (Wildman–Crippen MR) is 110 cm³/mol. The Morgan fingerprint density at radius 1 is 1.31 bits per heavy atom. The molecule has 2 unspecified atom stereocenters. The molecule has 0 fully saturated rings. The van der Waals surface area contributed by atoms with E-state index in [-0.39, 0.29) is 22.9 Å². The molecule has 0 radical (unpaired) electrons. The number of nitrogens with one attached hydrogen (secondary N) is 2. The zero-order chi connectivity index (χ0) is 23.1. The third-order valence-corrected chi connectivity index (χ3v) is 6.72. The topological polar surface area (TPSA) is 107 Å². The van der Waals surface area contributed by atoms with Crippen LogP contribution < -0.4 is 14.8 Å².